The smallest absolute Gasteiger partial charge is 0.165 e. The summed E-state index contributed by atoms with van der Waals surface area (Å²) in [5.74, 6) is 0.158. The van der Waals surface area contributed by atoms with Crippen LogP contribution in [0.4, 0.5) is 4.39 Å². The zero-order chi connectivity index (χ0) is 18.2. The van der Waals surface area contributed by atoms with E-state index in [-0.39, 0.29) is 38.5 Å². The minimum absolute atomic E-state index is 0. The second kappa shape index (κ2) is 11.3. The minimum atomic E-state index is -0.257. The molecule has 0 N–H and O–H groups in total. The van der Waals surface area contributed by atoms with E-state index < -0.39 is 0 Å². The molecule has 0 saturated carbocycles. The molecule has 0 amide bonds. The molecule has 0 spiro atoms. The molecular weight excluding hydrogens is 414 g/mol. The molecule has 1 heterocycles. The summed E-state index contributed by atoms with van der Waals surface area (Å²) in [7, 11) is 0. The van der Waals surface area contributed by atoms with Gasteiger partial charge in [0.05, 0.1) is 26.2 Å². The zero-order valence-electron chi connectivity index (χ0n) is 16.5. The quantitative estimate of drug-likeness (QED) is 0.405. The van der Waals surface area contributed by atoms with Gasteiger partial charge in [-0.2, -0.15) is 0 Å². The number of aryl methyl sites for hydroxylation is 1. The summed E-state index contributed by atoms with van der Waals surface area (Å²) in [6.45, 7) is 7.16. The standard InChI is InChI=1S/C23H31FNO.Y/c1-20-11-9-14-22(24)23(20)26-18-10-17-25(15-7-2-3-8-16-25)19-21-12-5-4-6-13-21;/h4-6,9,11-14H,2-3,7-8,10,15-19H2,1H3;/q+1;. The van der Waals surface area contributed by atoms with Gasteiger partial charge in [-0.1, -0.05) is 42.5 Å². The number of nitrogens with zero attached hydrogens (tertiary/aromatic N) is 1. The number of halogens is 1. The number of hydrogen-bond acceptors (Lipinski definition) is 1. The van der Waals surface area contributed by atoms with Crippen LogP contribution < -0.4 is 4.74 Å². The Kier molecular flexibility index (Phi) is 9.42. The summed E-state index contributed by atoms with van der Waals surface area (Å²) in [5, 5.41) is 0. The molecule has 0 unspecified atom stereocenters. The summed E-state index contributed by atoms with van der Waals surface area (Å²) in [6, 6.07) is 15.9. The van der Waals surface area contributed by atoms with Crippen LogP contribution in [0.1, 0.15) is 43.2 Å². The van der Waals surface area contributed by atoms with Gasteiger partial charge in [0.25, 0.3) is 0 Å². The summed E-state index contributed by atoms with van der Waals surface area (Å²) in [6.07, 6.45) is 6.26. The van der Waals surface area contributed by atoms with Crippen LogP contribution in [-0.4, -0.2) is 30.7 Å². The summed E-state index contributed by atoms with van der Waals surface area (Å²) in [4.78, 5) is 0. The fraction of sp³-hybridized carbons (Fsp3) is 0.478. The van der Waals surface area contributed by atoms with Crippen molar-refractivity contribution in [3.8, 4) is 5.75 Å². The molecular formula is C23H31FNOY+. The topological polar surface area (TPSA) is 9.23 Å². The Labute approximate surface area is 188 Å². The molecule has 0 aliphatic carbocycles. The van der Waals surface area contributed by atoms with Crippen molar-refractivity contribution in [2.75, 3.05) is 26.2 Å². The van der Waals surface area contributed by atoms with Gasteiger partial charge in [-0.3, -0.25) is 0 Å². The van der Waals surface area contributed by atoms with Crippen molar-refractivity contribution >= 4 is 0 Å². The maximum Gasteiger partial charge on any atom is 0.165 e. The zero-order valence-corrected chi connectivity index (χ0v) is 19.3. The van der Waals surface area contributed by atoms with Crippen molar-refractivity contribution in [3.05, 3.63) is 65.5 Å². The molecule has 1 fully saturated rings. The van der Waals surface area contributed by atoms with E-state index in [1.807, 2.05) is 13.0 Å². The van der Waals surface area contributed by atoms with Crippen molar-refractivity contribution in [2.45, 2.75) is 45.6 Å². The Morgan fingerprint density at radius 1 is 0.926 bits per heavy atom. The third-order valence-electron chi connectivity index (χ3n) is 5.56. The molecule has 1 radical (unpaired) electrons. The average molecular weight is 445 g/mol. The normalized spacial score (nSPS) is 16.2. The molecule has 143 valence electrons. The molecule has 1 saturated heterocycles. The van der Waals surface area contributed by atoms with E-state index >= 15 is 0 Å². The maximum absolute atomic E-state index is 13.9. The molecule has 0 bridgehead atoms. The molecule has 1 aliphatic rings. The Bertz CT molecular complexity index is 664. The van der Waals surface area contributed by atoms with Crippen LogP contribution in [0.15, 0.2) is 48.5 Å². The fourth-order valence-corrected chi connectivity index (χ4v) is 4.16. The first-order valence-corrected chi connectivity index (χ1v) is 9.95. The van der Waals surface area contributed by atoms with E-state index in [0.29, 0.717) is 12.4 Å². The van der Waals surface area contributed by atoms with Gasteiger partial charge in [0.2, 0.25) is 0 Å². The van der Waals surface area contributed by atoms with E-state index in [9.17, 15) is 4.39 Å². The van der Waals surface area contributed by atoms with Crippen LogP contribution in [0, 0.1) is 12.7 Å². The molecule has 2 aromatic rings. The largest absolute Gasteiger partial charge is 0.490 e. The number of benzene rings is 2. The minimum Gasteiger partial charge on any atom is -0.490 e. The van der Waals surface area contributed by atoms with Crippen LogP contribution in [-0.2, 0) is 39.3 Å². The monoisotopic (exact) mass is 445 g/mol. The van der Waals surface area contributed by atoms with Crippen molar-refractivity contribution in [3.63, 3.8) is 0 Å². The number of ether oxygens (including phenoxy) is 1. The third kappa shape index (κ3) is 6.66. The Hall–Kier alpha value is -0.766. The SMILES string of the molecule is Cc1cccc(F)c1OCCC[N+]1(Cc2ccccc2)CCCCCC1.[Y]. The van der Waals surface area contributed by atoms with Crippen molar-refractivity contribution in [1.29, 1.82) is 0 Å². The Balaban J connectivity index is 0.00000261. The molecule has 27 heavy (non-hydrogen) atoms. The first-order valence-electron chi connectivity index (χ1n) is 9.95. The molecule has 1 aliphatic heterocycles. The van der Waals surface area contributed by atoms with Crippen molar-refractivity contribution in [2.24, 2.45) is 0 Å². The fourth-order valence-electron chi connectivity index (χ4n) is 4.16. The number of hydrogen-bond donors (Lipinski definition) is 0. The van der Waals surface area contributed by atoms with Gasteiger partial charge in [0.15, 0.2) is 11.6 Å². The van der Waals surface area contributed by atoms with Gasteiger partial charge < -0.3 is 9.22 Å². The van der Waals surface area contributed by atoms with Crippen LogP contribution in [0.3, 0.4) is 0 Å². The predicted octanol–water partition coefficient (Wildman–Crippen LogP) is 5.49. The number of likely N-dealkylation sites (tertiary alicyclic amines) is 1. The number of rotatable bonds is 7. The molecule has 2 aromatic carbocycles. The maximum atomic E-state index is 13.9. The van der Waals surface area contributed by atoms with Gasteiger partial charge in [0.1, 0.15) is 6.54 Å². The van der Waals surface area contributed by atoms with Crippen LogP contribution in [0.25, 0.3) is 0 Å². The van der Waals surface area contributed by atoms with Gasteiger partial charge in [-0.15, -0.1) is 0 Å². The van der Waals surface area contributed by atoms with Crippen LogP contribution in [0.5, 0.6) is 5.75 Å². The summed E-state index contributed by atoms with van der Waals surface area (Å²) < 4.78 is 20.9. The van der Waals surface area contributed by atoms with Crippen molar-refractivity contribution in [1.82, 2.24) is 0 Å². The molecule has 2 nitrogen and oxygen atoms in total. The van der Waals surface area contributed by atoms with Gasteiger partial charge in [-0.25, -0.2) is 4.39 Å². The Morgan fingerprint density at radius 3 is 2.30 bits per heavy atom. The van der Waals surface area contributed by atoms with E-state index in [1.165, 1.54) is 50.4 Å². The first kappa shape index (κ1) is 22.5. The van der Waals surface area contributed by atoms with Gasteiger partial charge >= 0.3 is 0 Å². The summed E-state index contributed by atoms with van der Waals surface area (Å²) >= 11 is 0. The Morgan fingerprint density at radius 2 is 1.63 bits per heavy atom. The second-order valence-corrected chi connectivity index (χ2v) is 7.66. The van der Waals surface area contributed by atoms with Crippen LogP contribution in [0.2, 0.25) is 0 Å². The average Bonchev–Trinajstić information content (AvgIpc) is 2.87. The number of para-hydroxylation sites is 1. The van der Waals surface area contributed by atoms with E-state index in [0.717, 1.165) is 29.6 Å². The van der Waals surface area contributed by atoms with Gasteiger partial charge in [0, 0.05) is 44.7 Å². The van der Waals surface area contributed by atoms with E-state index in [1.54, 1.807) is 6.07 Å². The molecule has 0 atom stereocenters. The molecule has 0 aromatic heterocycles. The van der Waals surface area contributed by atoms with Crippen molar-refractivity contribution < 1.29 is 46.3 Å². The van der Waals surface area contributed by atoms with Crippen LogP contribution >= 0.6 is 0 Å². The van der Waals surface area contributed by atoms with E-state index in [2.05, 4.69) is 30.3 Å². The second-order valence-electron chi connectivity index (χ2n) is 7.66. The third-order valence-corrected chi connectivity index (χ3v) is 5.56. The molecule has 3 rings (SSSR count). The first-order chi connectivity index (χ1) is 12.7. The predicted molar refractivity (Wildman–Crippen MR) is 105 cm³/mol. The van der Waals surface area contributed by atoms with E-state index in [4.69, 9.17) is 4.74 Å². The number of quaternary nitrogens is 1. The summed E-state index contributed by atoms with van der Waals surface area (Å²) in [5.41, 5.74) is 2.29. The molecule has 4 heteroatoms. The van der Waals surface area contributed by atoms with Gasteiger partial charge in [-0.05, 0) is 44.2 Å².